The third kappa shape index (κ3) is 5.52. The molecule has 0 fully saturated rings. The van der Waals surface area contributed by atoms with Crippen molar-refractivity contribution in [2.75, 3.05) is 11.1 Å². The van der Waals surface area contributed by atoms with Crippen LogP contribution < -0.4 is 10.1 Å². The van der Waals surface area contributed by atoms with Gasteiger partial charge in [-0.15, -0.1) is 10.2 Å². The summed E-state index contributed by atoms with van der Waals surface area (Å²) in [7, 11) is 0. The Bertz CT molecular complexity index is 899. The van der Waals surface area contributed by atoms with E-state index in [9.17, 15) is 13.6 Å². The molecule has 0 aliphatic carbocycles. The lowest BCUT2D eigenvalue weighted by Gasteiger charge is -2.04. The van der Waals surface area contributed by atoms with Gasteiger partial charge in [-0.2, -0.15) is 8.78 Å². The summed E-state index contributed by atoms with van der Waals surface area (Å²) in [6.07, 6.45) is 0. The lowest BCUT2D eigenvalue weighted by molar-refractivity contribution is -0.113. The predicted molar refractivity (Wildman–Crippen MR) is 96.9 cm³/mol. The van der Waals surface area contributed by atoms with E-state index in [0.717, 1.165) is 17.3 Å². The van der Waals surface area contributed by atoms with Gasteiger partial charge in [0.25, 0.3) is 5.22 Å². The summed E-state index contributed by atoms with van der Waals surface area (Å²) < 4.78 is 34.1. The van der Waals surface area contributed by atoms with Gasteiger partial charge < -0.3 is 14.5 Å². The summed E-state index contributed by atoms with van der Waals surface area (Å²) in [4.78, 5) is 12.0. The fraction of sp³-hybridized carbons (Fsp3) is 0.167. The number of hydrogen-bond donors (Lipinski definition) is 1. The van der Waals surface area contributed by atoms with Crippen molar-refractivity contribution in [1.82, 2.24) is 10.2 Å². The van der Waals surface area contributed by atoms with Crippen LogP contribution >= 0.6 is 11.8 Å². The predicted octanol–water partition coefficient (Wildman–Crippen LogP) is 4.38. The Balaban J connectivity index is 1.54. The standard InChI is InChI=1S/C18H15F2N3O3S/c1-11-2-6-13(7-3-11)21-15(24)10-27-18-23-22-16(26-18)12-4-8-14(9-5-12)25-17(19)20/h2-9,17H,10H2,1H3,(H,21,24). The van der Waals surface area contributed by atoms with Crippen molar-refractivity contribution < 1.29 is 22.7 Å². The smallest absolute Gasteiger partial charge is 0.387 e. The molecule has 3 aromatic rings. The molecule has 1 N–H and O–H groups in total. The SMILES string of the molecule is Cc1ccc(NC(=O)CSc2nnc(-c3ccc(OC(F)F)cc3)o2)cc1. The Morgan fingerprint density at radius 1 is 1.15 bits per heavy atom. The molecule has 0 aliphatic rings. The molecule has 27 heavy (non-hydrogen) atoms. The Hall–Kier alpha value is -2.94. The Morgan fingerprint density at radius 3 is 2.52 bits per heavy atom. The summed E-state index contributed by atoms with van der Waals surface area (Å²) in [5.74, 6) is 0.171. The summed E-state index contributed by atoms with van der Waals surface area (Å²) in [5, 5.41) is 10.8. The van der Waals surface area contributed by atoms with Crippen molar-refractivity contribution in [2.45, 2.75) is 18.8 Å². The molecular weight excluding hydrogens is 376 g/mol. The Kier molecular flexibility index (Phi) is 6.02. The van der Waals surface area contributed by atoms with E-state index in [1.165, 1.54) is 24.3 Å². The van der Waals surface area contributed by atoms with Crippen molar-refractivity contribution >= 4 is 23.4 Å². The zero-order valence-electron chi connectivity index (χ0n) is 14.2. The van der Waals surface area contributed by atoms with E-state index in [1.807, 2.05) is 31.2 Å². The molecule has 0 unspecified atom stereocenters. The number of aryl methyl sites for hydroxylation is 1. The van der Waals surface area contributed by atoms with Gasteiger partial charge in [0.1, 0.15) is 5.75 Å². The molecule has 0 bridgehead atoms. The highest BCUT2D eigenvalue weighted by Crippen LogP contribution is 2.25. The number of benzene rings is 2. The maximum absolute atomic E-state index is 12.2. The summed E-state index contributed by atoms with van der Waals surface area (Å²) in [5.41, 5.74) is 2.37. The summed E-state index contributed by atoms with van der Waals surface area (Å²) >= 11 is 1.10. The Labute approximate surface area is 157 Å². The lowest BCUT2D eigenvalue weighted by Crippen LogP contribution is -2.13. The number of nitrogens with one attached hydrogen (secondary N) is 1. The number of nitrogens with zero attached hydrogens (tertiary/aromatic N) is 2. The van der Waals surface area contributed by atoms with Crippen LogP contribution in [0.5, 0.6) is 5.75 Å². The van der Waals surface area contributed by atoms with E-state index in [4.69, 9.17) is 4.42 Å². The highest BCUT2D eigenvalue weighted by Gasteiger charge is 2.12. The van der Waals surface area contributed by atoms with Gasteiger partial charge in [0.05, 0.1) is 5.75 Å². The molecule has 0 aliphatic heterocycles. The summed E-state index contributed by atoms with van der Waals surface area (Å²) in [6, 6.07) is 13.3. The van der Waals surface area contributed by atoms with E-state index in [0.29, 0.717) is 11.3 Å². The number of alkyl halides is 2. The third-order valence-corrected chi connectivity index (χ3v) is 4.21. The average molecular weight is 391 g/mol. The zero-order valence-corrected chi connectivity index (χ0v) is 15.0. The second-order valence-corrected chi connectivity index (χ2v) is 6.41. The van der Waals surface area contributed by atoms with Gasteiger partial charge >= 0.3 is 6.61 Å². The first-order valence-electron chi connectivity index (χ1n) is 7.87. The molecule has 0 atom stereocenters. The van der Waals surface area contributed by atoms with Crippen LogP contribution in [-0.2, 0) is 4.79 Å². The molecule has 2 aromatic carbocycles. The van der Waals surface area contributed by atoms with Crippen LogP contribution in [0.3, 0.4) is 0 Å². The van der Waals surface area contributed by atoms with Crippen molar-refractivity contribution in [3.05, 3.63) is 54.1 Å². The minimum absolute atomic E-state index is 0.0376. The number of halogens is 2. The summed E-state index contributed by atoms with van der Waals surface area (Å²) in [6.45, 7) is -0.915. The van der Waals surface area contributed by atoms with Crippen LogP contribution in [0.1, 0.15) is 5.56 Å². The molecular formula is C18H15F2N3O3S. The number of ether oxygens (including phenoxy) is 1. The molecule has 140 valence electrons. The quantitative estimate of drug-likeness (QED) is 0.603. The minimum atomic E-state index is -2.88. The maximum atomic E-state index is 12.2. The number of anilines is 1. The van der Waals surface area contributed by atoms with E-state index in [1.54, 1.807) is 0 Å². The van der Waals surface area contributed by atoms with Gasteiger partial charge in [0.15, 0.2) is 0 Å². The first-order chi connectivity index (χ1) is 13.0. The first kappa shape index (κ1) is 18.8. The molecule has 0 radical (unpaired) electrons. The molecule has 1 aromatic heterocycles. The fourth-order valence-electron chi connectivity index (χ4n) is 2.12. The lowest BCUT2D eigenvalue weighted by atomic mass is 10.2. The number of hydrogen-bond acceptors (Lipinski definition) is 6. The number of carbonyl (C=O) groups excluding carboxylic acids is 1. The highest BCUT2D eigenvalue weighted by molar-refractivity contribution is 7.99. The normalized spacial score (nSPS) is 10.8. The zero-order chi connectivity index (χ0) is 19.2. The third-order valence-electron chi connectivity index (χ3n) is 3.39. The molecule has 6 nitrogen and oxygen atoms in total. The van der Waals surface area contributed by atoms with E-state index < -0.39 is 6.61 Å². The van der Waals surface area contributed by atoms with Gasteiger partial charge in [-0.3, -0.25) is 4.79 Å². The molecule has 3 rings (SSSR count). The van der Waals surface area contributed by atoms with E-state index in [2.05, 4.69) is 20.3 Å². The van der Waals surface area contributed by atoms with Gasteiger partial charge in [-0.1, -0.05) is 29.5 Å². The minimum Gasteiger partial charge on any atom is -0.435 e. The molecule has 1 heterocycles. The fourth-order valence-corrected chi connectivity index (χ4v) is 2.69. The van der Waals surface area contributed by atoms with Gasteiger partial charge in [0.2, 0.25) is 11.8 Å². The number of carbonyl (C=O) groups is 1. The largest absolute Gasteiger partial charge is 0.435 e. The van der Waals surface area contributed by atoms with E-state index in [-0.39, 0.29) is 28.5 Å². The van der Waals surface area contributed by atoms with Gasteiger partial charge in [0, 0.05) is 11.3 Å². The van der Waals surface area contributed by atoms with Crippen LogP contribution in [0, 0.1) is 6.92 Å². The van der Waals surface area contributed by atoms with Crippen LogP contribution in [0.2, 0.25) is 0 Å². The number of thioether (sulfide) groups is 1. The molecule has 1 amide bonds. The molecule has 9 heteroatoms. The van der Waals surface area contributed by atoms with Crippen molar-refractivity contribution in [3.63, 3.8) is 0 Å². The number of aromatic nitrogens is 2. The maximum Gasteiger partial charge on any atom is 0.387 e. The van der Waals surface area contributed by atoms with Crippen LogP contribution in [-0.4, -0.2) is 28.5 Å². The van der Waals surface area contributed by atoms with E-state index >= 15 is 0 Å². The monoisotopic (exact) mass is 391 g/mol. The van der Waals surface area contributed by atoms with Crippen LogP contribution in [0.4, 0.5) is 14.5 Å². The van der Waals surface area contributed by atoms with Crippen LogP contribution in [0.25, 0.3) is 11.5 Å². The van der Waals surface area contributed by atoms with Crippen molar-refractivity contribution in [1.29, 1.82) is 0 Å². The number of amides is 1. The van der Waals surface area contributed by atoms with Gasteiger partial charge in [-0.25, -0.2) is 0 Å². The molecule has 0 saturated heterocycles. The van der Waals surface area contributed by atoms with Crippen molar-refractivity contribution in [3.8, 4) is 17.2 Å². The first-order valence-corrected chi connectivity index (χ1v) is 8.86. The second-order valence-electron chi connectivity index (χ2n) is 5.48. The second kappa shape index (κ2) is 8.63. The van der Waals surface area contributed by atoms with Crippen LogP contribution in [0.15, 0.2) is 58.2 Å². The van der Waals surface area contributed by atoms with Gasteiger partial charge in [-0.05, 0) is 43.3 Å². The highest BCUT2D eigenvalue weighted by atomic mass is 32.2. The van der Waals surface area contributed by atoms with Crippen molar-refractivity contribution in [2.24, 2.45) is 0 Å². The topological polar surface area (TPSA) is 77.2 Å². The average Bonchev–Trinajstić information content (AvgIpc) is 3.11. The molecule has 0 spiro atoms. The molecule has 0 saturated carbocycles. The number of rotatable bonds is 7. The Morgan fingerprint density at radius 2 is 1.85 bits per heavy atom.